The Hall–Kier alpha value is -4.77. The van der Waals surface area contributed by atoms with Gasteiger partial charge in [-0.1, -0.05) is 17.4 Å². The van der Waals surface area contributed by atoms with E-state index in [0.717, 1.165) is 4.70 Å². The Morgan fingerprint density at radius 3 is 2.42 bits per heavy atom. The molecule has 11 heteroatoms. The zero-order valence-electron chi connectivity index (χ0n) is 23.9. The summed E-state index contributed by atoms with van der Waals surface area (Å²) < 4.78 is 29.3. The predicted molar refractivity (Wildman–Crippen MR) is 162 cm³/mol. The zero-order chi connectivity index (χ0) is 30.1. The van der Waals surface area contributed by atoms with Crippen molar-refractivity contribution in [3.63, 3.8) is 0 Å². The van der Waals surface area contributed by atoms with Crippen molar-refractivity contribution in [1.29, 1.82) is 0 Å². The molecule has 3 heterocycles. The highest BCUT2D eigenvalue weighted by atomic mass is 32.1. The third-order valence-electron chi connectivity index (χ3n) is 7.01. The van der Waals surface area contributed by atoms with Crippen molar-refractivity contribution >= 4 is 44.1 Å². The van der Waals surface area contributed by atoms with Gasteiger partial charge in [0.05, 0.1) is 41.7 Å². The molecule has 10 nitrogen and oxygen atoms in total. The van der Waals surface area contributed by atoms with Gasteiger partial charge in [-0.15, -0.1) is 0 Å². The van der Waals surface area contributed by atoms with Crippen LogP contribution >= 0.6 is 11.3 Å². The Morgan fingerprint density at radius 2 is 1.65 bits per heavy atom. The largest absolute Gasteiger partial charge is 0.507 e. The number of hydrogen-bond donors (Lipinski definition) is 1. The van der Waals surface area contributed by atoms with Crippen LogP contribution in [0, 0.1) is 0 Å². The van der Waals surface area contributed by atoms with Crippen LogP contribution in [-0.4, -0.2) is 54.8 Å². The number of carbonyl (C=O) groups is 2. The number of hydrogen-bond acceptors (Lipinski definition) is 10. The first-order valence-corrected chi connectivity index (χ1v) is 14.9. The van der Waals surface area contributed by atoms with Gasteiger partial charge in [0.15, 0.2) is 28.1 Å². The van der Waals surface area contributed by atoms with Gasteiger partial charge >= 0.3 is 5.91 Å². The number of carbonyl (C=O) groups excluding carboxylic acids is 2. The molecule has 3 aromatic carbocycles. The molecule has 6 rings (SSSR count). The fourth-order valence-corrected chi connectivity index (χ4v) is 6.20. The monoisotopic (exact) mass is 602 g/mol. The highest BCUT2D eigenvalue weighted by molar-refractivity contribution is 7.22. The van der Waals surface area contributed by atoms with Gasteiger partial charge in [0.25, 0.3) is 5.78 Å². The molecule has 0 unspecified atom stereocenters. The second-order valence-corrected chi connectivity index (χ2v) is 10.7. The zero-order valence-corrected chi connectivity index (χ0v) is 24.7. The molecular weight excluding hydrogens is 572 g/mol. The third-order valence-corrected chi connectivity index (χ3v) is 8.03. The molecule has 222 valence electrons. The van der Waals surface area contributed by atoms with Crippen LogP contribution in [0.4, 0.5) is 5.13 Å². The van der Waals surface area contributed by atoms with Gasteiger partial charge in [0.2, 0.25) is 0 Å². The SMILES string of the molecule is CCOc1ccc2nc(N3C(=O)C(=O)/C(=C(/O)c4ccc5c(c4)OCCO5)[C@@H]3c3ccc(OCC)c(OCC)c3)sc2c1. The fourth-order valence-electron chi connectivity index (χ4n) is 5.18. The van der Waals surface area contributed by atoms with Crippen LogP contribution in [0.15, 0.2) is 60.2 Å². The Bertz CT molecular complexity index is 1750. The molecule has 1 amide bonds. The molecule has 4 aromatic rings. The predicted octanol–water partition coefficient (Wildman–Crippen LogP) is 5.89. The summed E-state index contributed by atoms with van der Waals surface area (Å²) in [7, 11) is 0. The highest BCUT2D eigenvalue weighted by Crippen LogP contribution is 2.46. The Kier molecular flexibility index (Phi) is 7.81. The molecule has 1 N–H and O–H groups in total. The van der Waals surface area contributed by atoms with E-state index >= 15 is 0 Å². The molecular formula is C32H30N2O8S. The standard InChI is InChI=1S/C32H30N2O8S/c1-4-38-20-9-10-21-26(17-20)43-32(33-21)34-28(18-7-11-22(39-5-2)24(15-18)40-6-3)27(30(36)31(34)37)29(35)19-8-12-23-25(16-19)42-14-13-41-23/h7-12,15-17,28,35H,4-6,13-14H2,1-3H3/b29-27+/t28-/m0/s1. The maximum Gasteiger partial charge on any atom is 0.301 e. The molecule has 1 aromatic heterocycles. The normalized spacial score (nSPS) is 17.4. The number of nitrogens with zero attached hydrogens (tertiary/aromatic N) is 2. The van der Waals surface area contributed by atoms with Gasteiger partial charge in [-0.2, -0.15) is 0 Å². The maximum absolute atomic E-state index is 13.8. The van der Waals surface area contributed by atoms with Crippen LogP contribution in [0.2, 0.25) is 0 Å². The van der Waals surface area contributed by atoms with E-state index in [-0.39, 0.29) is 11.3 Å². The summed E-state index contributed by atoms with van der Waals surface area (Å²) in [4.78, 5) is 33.6. The number of aromatic nitrogens is 1. The van der Waals surface area contributed by atoms with Gasteiger partial charge in [0, 0.05) is 5.56 Å². The van der Waals surface area contributed by atoms with E-state index in [1.165, 1.54) is 16.2 Å². The second kappa shape index (κ2) is 11.8. The minimum Gasteiger partial charge on any atom is -0.507 e. The van der Waals surface area contributed by atoms with Crippen LogP contribution in [-0.2, 0) is 9.59 Å². The number of ketones is 1. The van der Waals surface area contributed by atoms with Crippen LogP contribution in [0.3, 0.4) is 0 Å². The second-order valence-electron chi connectivity index (χ2n) is 9.66. The van der Waals surface area contributed by atoms with Crippen LogP contribution in [0.25, 0.3) is 16.0 Å². The molecule has 0 spiro atoms. The molecule has 2 aliphatic rings. The number of fused-ring (bicyclic) bond motifs is 2. The Balaban J connectivity index is 1.53. The summed E-state index contributed by atoms with van der Waals surface area (Å²) in [6.45, 7) is 7.71. The molecule has 43 heavy (non-hydrogen) atoms. The van der Waals surface area contributed by atoms with Crippen molar-refractivity contribution in [3.8, 4) is 28.7 Å². The minimum atomic E-state index is -1.00. The number of benzene rings is 3. The number of Topliss-reactive ketones (excluding diaryl/α,β-unsaturated/α-hetero) is 1. The average molecular weight is 603 g/mol. The summed E-state index contributed by atoms with van der Waals surface area (Å²) >= 11 is 1.26. The molecule has 0 aliphatic carbocycles. The Morgan fingerprint density at radius 1 is 0.907 bits per heavy atom. The topological polar surface area (TPSA) is 117 Å². The van der Waals surface area contributed by atoms with E-state index in [9.17, 15) is 14.7 Å². The van der Waals surface area contributed by atoms with Crippen LogP contribution < -0.4 is 28.6 Å². The van der Waals surface area contributed by atoms with Gasteiger partial charge < -0.3 is 28.8 Å². The van der Waals surface area contributed by atoms with Crippen LogP contribution in [0.5, 0.6) is 28.7 Å². The van der Waals surface area contributed by atoms with Crippen LogP contribution in [0.1, 0.15) is 37.9 Å². The summed E-state index contributed by atoms with van der Waals surface area (Å²) in [5.74, 6) is 0.659. The van der Waals surface area contributed by atoms with Gasteiger partial charge in [-0.3, -0.25) is 14.5 Å². The number of aliphatic hydroxyl groups excluding tert-OH is 1. The molecule has 2 aliphatic heterocycles. The lowest BCUT2D eigenvalue weighted by molar-refractivity contribution is -0.132. The first-order chi connectivity index (χ1) is 20.9. The quantitative estimate of drug-likeness (QED) is 0.142. The number of rotatable bonds is 9. The summed E-state index contributed by atoms with van der Waals surface area (Å²) in [6, 6.07) is 14.6. The van der Waals surface area contributed by atoms with Gasteiger partial charge in [0.1, 0.15) is 24.7 Å². The smallest absolute Gasteiger partial charge is 0.301 e. The van der Waals surface area contributed by atoms with E-state index in [1.54, 1.807) is 36.4 Å². The van der Waals surface area contributed by atoms with E-state index in [2.05, 4.69) is 0 Å². The fraction of sp³-hybridized carbons (Fsp3) is 0.281. The summed E-state index contributed by atoms with van der Waals surface area (Å²) in [6.07, 6.45) is 0. The van der Waals surface area contributed by atoms with Gasteiger partial charge in [-0.05, 0) is 74.9 Å². The summed E-state index contributed by atoms with van der Waals surface area (Å²) in [5, 5.41) is 12.0. The van der Waals surface area contributed by atoms with Crippen molar-refractivity contribution in [2.45, 2.75) is 26.8 Å². The molecule has 1 atom stereocenters. The van der Waals surface area contributed by atoms with E-state index in [0.29, 0.717) is 83.6 Å². The average Bonchev–Trinajstić information content (AvgIpc) is 3.55. The lowest BCUT2D eigenvalue weighted by atomic mass is 9.95. The van der Waals surface area contributed by atoms with E-state index in [4.69, 9.17) is 28.7 Å². The van der Waals surface area contributed by atoms with E-state index in [1.807, 2.05) is 39.0 Å². The number of anilines is 1. The number of ether oxygens (including phenoxy) is 5. The minimum absolute atomic E-state index is 0.0810. The Labute approximate surface area is 252 Å². The molecule has 0 radical (unpaired) electrons. The van der Waals surface area contributed by atoms with Gasteiger partial charge in [-0.25, -0.2) is 4.98 Å². The lowest BCUT2D eigenvalue weighted by Crippen LogP contribution is -2.29. The number of amides is 1. The summed E-state index contributed by atoms with van der Waals surface area (Å²) in [5.41, 5.74) is 1.42. The van der Waals surface area contributed by atoms with Crippen molar-refractivity contribution in [3.05, 3.63) is 71.3 Å². The van der Waals surface area contributed by atoms with Crippen molar-refractivity contribution in [2.75, 3.05) is 37.9 Å². The first kappa shape index (κ1) is 28.4. The van der Waals surface area contributed by atoms with E-state index < -0.39 is 17.7 Å². The van der Waals surface area contributed by atoms with Crippen molar-refractivity contribution in [2.24, 2.45) is 0 Å². The molecule has 0 saturated carbocycles. The maximum atomic E-state index is 13.8. The molecule has 1 saturated heterocycles. The number of thiazole rings is 1. The molecule has 1 fully saturated rings. The highest BCUT2D eigenvalue weighted by Gasteiger charge is 2.48. The number of aliphatic hydroxyl groups is 1. The lowest BCUT2D eigenvalue weighted by Gasteiger charge is -2.24. The third kappa shape index (κ3) is 5.20. The first-order valence-electron chi connectivity index (χ1n) is 14.1. The van der Waals surface area contributed by atoms with Crippen molar-refractivity contribution in [1.82, 2.24) is 4.98 Å². The molecule has 0 bridgehead atoms. The van der Waals surface area contributed by atoms with Crippen molar-refractivity contribution < 1.29 is 38.4 Å².